The summed E-state index contributed by atoms with van der Waals surface area (Å²) in [4.78, 5) is 28.1. The Kier molecular flexibility index (Phi) is 11.5. The van der Waals surface area contributed by atoms with Crippen LogP contribution in [0.25, 0.3) is 0 Å². The summed E-state index contributed by atoms with van der Waals surface area (Å²) in [7, 11) is 0.217. The summed E-state index contributed by atoms with van der Waals surface area (Å²) in [5.74, 6) is -1.15. The molecule has 1 aliphatic rings. The van der Waals surface area contributed by atoms with E-state index in [9.17, 15) is 9.59 Å². The van der Waals surface area contributed by atoms with Crippen LogP contribution in [0.5, 0.6) is 0 Å². The molecule has 0 N–H and O–H groups in total. The summed E-state index contributed by atoms with van der Waals surface area (Å²) in [5, 5.41) is 2.02. The molecule has 8 nitrogen and oxygen atoms in total. The Morgan fingerprint density at radius 1 is 0.932 bits per heavy atom. The van der Waals surface area contributed by atoms with Crippen LogP contribution >= 0.6 is 0 Å². The van der Waals surface area contributed by atoms with Gasteiger partial charge in [0.05, 0.1) is 18.6 Å². The number of cyclic esters (lactones) is 1. The minimum Gasteiger partial charge on any atom is -0.447 e. The van der Waals surface area contributed by atoms with Crippen LogP contribution in [0.2, 0.25) is 5.04 Å². The molecule has 0 spiro atoms. The summed E-state index contributed by atoms with van der Waals surface area (Å²) < 4.78 is 29.9. The Labute approximate surface area is 262 Å². The number of methoxy groups -OCH3 is 2. The molecule has 44 heavy (non-hydrogen) atoms. The number of hydrogen-bond donors (Lipinski definition) is 0. The number of benzene rings is 3. The van der Waals surface area contributed by atoms with Gasteiger partial charge in [0.1, 0.15) is 25.6 Å². The molecule has 9 heteroatoms. The van der Waals surface area contributed by atoms with Gasteiger partial charge < -0.3 is 23.4 Å². The van der Waals surface area contributed by atoms with Gasteiger partial charge in [-0.05, 0) is 27.4 Å². The van der Waals surface area contributed by atoms with E-state index in [2.05, 4.69) is 45.0 Å². The molecule has 0 radical (unpaired) electrons. The van der Waals surface area contributed by atoms with E-state index in [-0.39, 0.29) is 31.0 Å². The van der Waals surface area contributed by atoms with E-state index in [0.717, 1.165) is 15.9 Å². The van der Waals surface area contributed by atoms with Crippen molar-refractivity contribution in [3.63, 3.8) is 0 Å². The van der Waals surface area contributed by atoms with E-state index in [0.29, 0.717) is 6.42 Å². The highest BCUT2D eigenvalue weighted by atomic mass is 28.4. The Balaban J connectivity index is 1.63. The van der Waals surface area contributed by atoms with Crippen molar-refractivity contribution in [1.82, 2.24) is 4.90 Å². The third-order valence-corrected chi connectivity index (χ3v) is 13.3. The predicted molar refractivity (Wildman–Crippen MR) is 172 cm³/mol. The fraction of sp³-hybridized carbons (Fsp3) is 0.429. The van der Waals surface area contributed by atoms with Crippen LogP contribution in [0.15, 0.2) is 91.0 Å². The molecule has 1 aliphatic heterocycles. The Morgan fingerprint density at radius 2 is 1.48 bits per heavy atom. The SMILES string of the molecule is COCO[C@@H]([C@H](C)C(=O)N1C(=O)OC[C@@H]1Cc1ccccc1)[C@@H](CO[Si](c1ccccc1)(c1ccccc1)C(C)(C)C)OC. The third kappa shape index (κ3) is 7.30. The van der Waals surface area contributed by atoms with Crippen molar-refractivity contribution in [2.75, 3.05) is 34.2 Å². The molecule has 0 unspecified atom stereocenters. The molecule has 0 aliphatic carbocycles. The lowest BCUT2D eigenvalue weighted by atomic mass is 9.96. The van der Waals surface area contributed by atoms with Crippen LogP contribution in [0.4, 0.5) is 4.79 Å². The maximum Gasteiger partial charge on any atom is 0.416 e. The maximum atomic E-state index is 14.0. The zero-order chi connectivity index (χ0) is 31.7. The number of ether oxygens (including phenoxy) is 4. The molecular weight excluding hydrogens is 574 g/mol. The largest absolute Gasteiger partial charge is 0.447 e. The second-order valence-electron chi connectivity index (χ2n) is 12.2. The lowest BCUT2D eigenvalue weighted by Crippen LogP contribution is -2.67. The fourth-order valence-corrected chi connectivity index (χ4v) is 10.7. The summed E-state index contributed by atoms with van der Waals surface area (Å²) in [5.41, 5.74) is 1.02. The first kappa shape index (κ1) is 33.5. The average molecular weight is 620 g/mol. The van der Waals surface area contributed by atoms with Crippen molar-refractivity contribution in [3.8, 4) is 0 Å². The summed E-state index contributed by atoms with van der Waals surface area (Å²) in [6, 6.07) is 30.0. The highest BCUT2D eigenvalue weighted by Gasteiger charge is 2.51. The van der Waals surface area contributed by atoms with Gasteiger partial charge in [-0.1, -0.05) is 119 Å². The summed E-state index contributed by atoms with van der Waals surface area (Å²) in [6.45, 7) is 8.61. The second kappa shape index (κ2) is 15.1. The van der Waals surface area contributed by atoms with Gasteiger partial charge in [0.2, 0.25) is 5.91 Å². The normalized spacial score (nSPS) is 17.6. The maximum absolute atomic E-state index is 14.0. The lowest BCUT2D eigenvalue weighted by Gasteiger charge is -2.44. The molecule has 3 aromatic rings. The van der Waals surface area contributed by atoms with Gasteiger partial charge >= 0.3 is 6.09 Å². The number of carbonyl (C=O) groups excluding carboxylic acids is 2. The van der Waals surface area contributed by atoms with Gasteiger partial charge in [-0.15, -0.1) is 0 Å². The van der Waals surface area contributed by atoms with Gasteiger partial charge in [0.25, 0.3) is 8.32 Å². The van der Waals surface area contributed by atoms with E-state index in [1.165, 1.54) is 12.0 Å². The monoisotopic (exact) mass is 619 g/mol. The molecule has 4 rings (SSSR count). The van der Waals surface area contributed by atoms with Crippen molar-refractivity contribution in [3.05, 3.63) is 96.6 Å². The van der Waals surface area contributed by atoms with Crippen molar-refractivity contribution in [2.45, 2.75) is 57.4 Å². The van der Waals surface area contributed by atoms with Gasteiger partial charge in [0, 0.05) is 14.2 Å². The molecule has 1 fully saturated rings. The van der Waals surface area contributed by atoms with Crippen LogP contribution in [0, 0.1) is 5.92 Å². The smallest absolute Gasteiger partial charge is 0.416 e. The molecule has 0 aromatic heterocycles. The predicted octanol–water partition coefficient (Wildman–Crippen LogP) is 4.79. The average Bonchev–Trinajstić information content (AvgIpc) is 3.39. The molecule has 0 saturated carbocycles. The topological polar surface area (TPSA) is 83.5 Å². The van der Waals surface area contributed by atoms with Crippen LogP contribution in [0.1, 0.15) is 33.3 Å². The molecule has 1 saturated heterocycles. The number of nitrogens with zero attached hydrogens (tertiary/aromatic N) is 1. The minimum atomic E-state index is -2.89. The molecule has 1 heterocycles. The van der Waals surface area contributed by atoms with Crippen molar-refractivity contribution in [2.24, 2.45) is 5.92 Å². The molecule has 236 valence electrons. The van der Waals surface area contributed by atoms with Crippen molar-refractivity contribution in [1.29, 1.82) is 0 Å². The molecular formula is C35H45NO7Si. The van der Waals surface area contributed by atoms with E-state index < -0.39 is 38.6 Å². The van der Waals surface area contributed by atoms with Gasteiger partial charge in [-0.2, -0.15) is 0 Å². The zero-order valence-electron chi connectivity index (χ0n) is 26.6. The summed E-state index contributed by atoms with van der Waals surface area (Å²) in [6.07, 6.45) is -1.56. The highest BCUT2D eigenvalue weighted by Crippen LogP contribution is 2.37. The second-order valence-corrected chi connectivity index (χ2v) is 16.5. The standard InChI is InChI=1S/C35H45NO7Si/c1-26(33(37)36-28(23-41-34(36)38)22-27-16-10-7-11-17-27)32(42-25-39-5)31(40-6)24-43-44(35(2,3)4,29-18-12-8-13-19-29)30-20-14-9-15-21-30/h7-21,26,28,31-32H,22-25H2,1-6H3/t26-,28-,31+,32-/m0/s1. The minimum absolute atomic E-state index is 0.0563. The number of amides is 2. The van der Waals surface area contributed by atoms with Crippen molar-refractivity contribution < 1.29 is 33.0 Å². The van der Waals surface area contributed by atoms with E-state index in [1.54, 1.807) is 14.0 Å². The number of carbonyl (C=O) groups is 2. The first-order valence-corrected chi connectivity index (χ1v) is 17.0. The first-order valence-electron chi connectivity index (χ1n) is 15.1. The van der Waals surface area contributed by atoms with E-state index in [4.69, 9.17) is 23.4 Å². The molecule has 3 aromatic carbocycles. The zero-order valence-corrected chi connectivity index (χ0v) is 27.6. The fourth-order valence-electron chi connectivity index (χ4n) is 6.11. The van der Waals surface area contributed by atoms with Crippen LogP contribution < -0.4 is 10.4 Å². The Morgan fingerprint density at radius 3 is 1.98 bits per heavy atom. The Bertz CT molecular complexity index is 1290. The number of hydrogen-bond acceptors (Lipinski definition) is 7. The highest BCUT2D eigenvalue weighted by molar-refractivity contribution is 6.99. The number of imide groups is 1. The molecule has 4 atom stereocenters. The molecule has 0 bridgehead atoms. The van der Waals surface area contributed by atoms with Gasteiger partial charge in [0.15, 0.2) is 0 Å². The molecule has 2 amide bonds. The Hall–Kier alpha value is -3.34. The summed E-state index contributed by atoms with van der Waals surface area (Å²) >= 11 is 0. The van der Waals surface area contributed by atoms with Crippen molar-refractivity contribution >= 4 is 30.7 Å². The lowest BCUT2D eigenvalue weighted by molar-refractivity contribution is -0.163. The van der Waals surface area contributed by atoms with Crippen LogP contribution in [-0.2, 0) is 34.6 Å². The van der Waals surface area contributed by atoms with Gasteiger partial charge in [-0.3, -0.25) is 4.79 Å². The third-order valence-electron chi connectivity index (χ3n) is 8.32. The van der Waals surface area contributed by atoms with Crippen LogP contribution in [-0.4, -0.2) is 77.7 Å². The quantitative estimate of drug-likeness (QED) is 0.190. The van der Waals surface area contributed by atoms with E-state index in [1.807, 2.05) is 66.7 Å². The number of rotatable bonds is 14. The van der Waals surface area contributed by atoms with E-state index >= 15 is 0 Å². The van der Waals surface area contributed by atoms with Gasteiger partial charge in [-0.25, -0.2) is 9.69 Å². The van der Waals surface area contributed by atoms with Crippen LogP contribution in [0.3, 0.4) is 0 Å². The first-order chi connectivity index (χ1) is 21.1.